The van der Waals surface area contributed by atoms with Crippen LogP contribution in [0.2, 0.25) is 0 Å². The maximum absolute atomic E-state index is 11.9. The van der Waals surface area contributed by atoms with Gasteiger partial charge in [-0.1, -0.05) is 30.3 Å². The molecule has 6 nitrogen and oxygen atoms in total. The van der Waals surface area contributed by atoms with Gasteiger partial charge >= 0.3 is 0 Å². The van der Waals surface area contributed by atoms with E-state index in [9.17, 15) is 4.79 Å². The van der Waals surface area contributed by atoms with Gasteiger partial charge in [0.25, 0.3) is 0 Å². The van der Waals surface area contributed by atoms with Crippen LogP contribution in [0, 0.1) is 0 Å². The van der Waals surface area contributed by atoms with E-state index < -0.39 is 0 Å². The van der Waals surface area contributed by atoms with Crippen LogP contribution in [-0.2, 0) is 24.3 Å². The Morgan fingerprint density at radius 2 is 2.00 bits per heavy atom. The number of benzene rings is 2. The van der Waals surface area contributed by atoms with Crippen molar-refractivity contribution < 1.29 is 9.53 Å². The summed E-state index contributed by atoms with van der Waals surface area (Å²) in [5.74, 6) is 1.00. The molecule has 0 bridgehead atoms. The van der Waals surface area contributed by atoms with Crippen molar-refractivity contribution in [2.24, 2.45) is 0 Å². The zero-order chi connectivity index (χ0) is 17.8. The number of fused-ring (bicyclic) bond motifs is 1. The summed E-state index contributed by atoms with van der Waals surface area (Å²) in [5.41, 5.74) is 4.71. The van der Waals surface area contributed by atoms with Gasteiger partial charge < -0.3 is 10.1 Å². The van der Waals surface area contributed by atoms with Crippen LogP contribution in [0.4, 0.5) is 0 Å². The Balaban J connectivity index is 1.32. The fraction of sp³-hybridized carbons (Fsp3) is 0.250. The molecule has 132 valence electrons. The fourth-order valence-corrected chi connectivity index (χ4v) is 3.03. The molecule has 6 heteroatoms. The molecule has 26 heavy (non-hydrogen) atoms. The van der Waals surface area contributed by atoms with Crippen molar-refractivity contribution in [3.05, 3.63) is 66.2 Å². The summed E-state index contributed by atoms with van der Waals surface area (Å²) in [6.45, 7) is 1.83. The van der Waals surface area contributed by atoms with Gasteiger partial charge in [-0.05, 0) is 34.4 Å². The third-order valence-electron chi connectivity index (χ3n) is 4.50. The minimum absolute atomic E-state index is 0.00296. The Hall–Kier alpha value is -3.15. The summed E-state index contributed by atoms with van der Waals surface area (Å²) in [7, 11) is 0. The van der Waals surface area contributed by atoms with Gasteiger partial charge in [-0.25, -0.2) is 4.98 Å². The zero-order valence-electron chi connectivity index (χ0n) is 14.4. The van der Waals surface area contributed by atoms with Crippen molar-refractivity contribution in [3.8, 4) is 16.9 Å². The summed E-state index contributed by atoms with van der Waals surface area (Å²) < 4.78 is 7.21. The number of ether oxygens (including phenoxy) is 1. The number of rotatable bonds is 6. The van der Waals surface area contributed by atoms with Crippen molar-refractivity contribution in [3.63, 3.8) is 0 Å². The molecule has 1 N–H and O–H groups in total. The molecule has 1 amide bonds. The van der Waals surface area contributed by atoms with E-state index >= 15 is 0 Å². The molecule has 0 saturated heterocycles. The maximum Gasteiger partial charge on any atom is 0.222 e. The van der Waals surface area contributed by atoms with E-state index in [1.54, 1.807) is 11.0 Å². The molecule has 0 saturated carbocycles. The molecule has 0 unspecified atom stereocenters. The van der Waals surface area contributed by atoms with Crippen LogP contribution in [0.25, 0.3) is 11.1 Å². The number of aromatic nitrogens is 3. The van der Waals surface area contributed by atoms with Crippen molar-refractivity contribution >= 4 is 5.91 Å². The first-order chi connectivity index (χ1) is 12.8. The number of carbonyl (C=O) groups is 1. The van der Waals surface area contributed by atoms with Crippen LogP contribution in [0.15, 0.2) is 55.1 Å². The van der Waals surface area contributed by atoms with Crippen molar-refractivity contribution in [1.29, 1.82) is 0 Å². The van der Waals surface area contributed by atoms with Gasteiger partial charge in [0.05, 0.1) is 13.2 Å². The Kier molecular flexibility index (Phi) is 4.64. The zero-order valence-corrected chi connectivity index (χ0v) is 14.4. The number of amides is 1. The standard InChI is InChI=1S/C20H20N4O2/c25-20(7-9-24-14-21-13-23-24)22-12-15-1-3-16(4-2-15)17-5-6-19-18(11-17)8-10-26-19/h1-6,11,13-14H,7-10,12H2,(H,22,25). The molecule has 0 spiro atoms. The van der Waals surface area contributed by atoms with Gasteiger partial charge in [0.15, 0.2) is 0 Å². The molecular weight excluding hydrogens is 328 g/mol. The summed E-state index contributed by atoms with van der Waals surface area (Å²) in [5, 5.41) is 6.92. The molecule has 1 aliphatic heterocycles. The lowest BCUT2D eigenvalue weighted by molar-refractivity contribution is -0.121. The number of hydrogen-bond donors (Lipinski definition) is 1. The molecule has 4 rings (SSSR count). The molecule has 0 aliphatic carbocycles. The third kappa shape index (κ3) is 3.74. The monoisotopic (exact) mass is 348 g/mol. The minimum atomic E-state index is 0.00296. The van der Waals surface area contributed by atoms with E-state index in [0.29, 0.717) is 19.5 Å². The average molecular weight is 348 g/mol. The molecule has 0 atom stereocenters. The summed E-state index contributed by atoms with van der Waals surface area (Å²) in [6, 6.07) is 14.6. The van der Waals surface area contributed by atoms with Gasteiger partial charge in [-0.2, -0.15) is 5.10 Å². The van der Waals surface area contributed by atoms with Gasteiger partial charge in [0.1, 0.15) is 18.4 Å². The van der Waals surface area contributed by atoms with Crippen LogP contribution in [0.1, 0.15) is 17.5 Å². The van der Waals surface area contributed by atoms with Gasteiger partial charge in [0.2, 0.25) is 5.91 Å². The van der Waals surface area contributed by atoms with Crippen LogP contribution in [0.5, 0.6) is 5.75 Å². The highest BCUT2D eigenvalue weighted by Gasteiger charge is 2.12. The third-order valence-corrected chi connectivity index (χ3v) is 4.50. The summed E-state index contributed by atoms with van der Waals surface area (Å²) in [4.78, 5) is 15.8. The predicted octanol–water partition coefficient (Wildman–Crippen LogP) is 2.59. The van der Waals surface area contributed by atoms with Crippen LogP contribution in [0.3, 0.4) is 0 Å². The van der Waals surface area contributed by atoms with Crippen molar-refractivity contribution in [2.75, 3.05) is 6.61 Å². The average Bonchev–Trinajstić information content (AvgIpc) is 3.36. The van der Waals surface area contributed by atoms with Crippen LogP contribution in [-0.4, -0.2) is 27.3 Å². The lowest BCUT2D eigenvalue weighted by Crippen LogP contribution is -2.24. The number of carbonyl (C=O) groups excluding carboxylic acids is 1. The van der Waals surface area contributed by atoms with Crippen LogP contribution < -0.4 is 10.1 Å². The fourth-order valence-electron chi connectivity index (χ4n) is 3.03. The van der Waals surface area contributed by atoms with E-state index in [1.165, 1.54) is 23.0 Å². The van der Waals surface area contributed by atoms with E-state index in [-0.39, 0.29) is 5.91 Å². The number of aryl methyl sites for hydroxylation is 1. The normalized spacial score (nSPS) is 12.5. The topological polar surface area (TPSA) is 69.0 Å². The van der Waals surface area contributed by atoms with E-state index in [4.69, 9.17) is 4.74 Å². The van der Waals surface area contributed by atoms with E-state index in [0.717, 1.165) is 24.3 Å². The molecule has 3 aromatic rings. The van der Waals surface area contributed by atoms with Gasteiger partial charge in [0, 0.05) is 19.4 Å². The second-order valence-corrected chi connectivity index (χ2v) is 6.30. The Morgan fingerprint density at radius 1 is 1.15 bits per heavy atom. The highest BCUT2D eigenvalue weighted by molar-refractivity contribution is 5.75. The largest absolute Gasteiger partial charge is 0.493 e. The SMILES string of the molecule is O=C(CCn1cncn1)NCc1ccc(-c2ccc3c(c2)CCO3)cc1. The molecule has 0 radical (unpaired) electrons. The van der Waals surface area contributed by atoms with Crippen molar-refractivity contribution in [1.82, 2.24) is 20.1 Å². The first kappa shape index (κ1) is 16.3. The molecule has 1 aromatic heterocycles. The molecular formula is C20H20N4O2. The summed E-state index contributed by atoms with van der Waals surface area (Å²) in [6.07, 6.45) is 4.44. The van der Waals surface area contributed by atoms with Gasteiger partial charge in [-0.3, -0.25) is 9.48 Å². The van der Waals surface area contributed by atoms with Gasteiger partial charge in [-0.15, -0.1) is 0 Å². The summed E-state index contributed by atoms with van der Waals surface area (Å²) >= 11 is 0. The second kappa shape index (κ2) is 7.39. The number of nitrogens with one attached hydrogen (secondary N) is 1. The maximum atomic E-state index is 11.9. The lowest BCUT2D eigenvalue weighted by atomic mass is 10.0. The highest BCUT2D eigenvalue weighted by atomic mass is 16.5. The highest BCUT2D eigenvalue weighted by Crippen LogP contribution is 2.30. The Bertz CT molecular complexity index is 889. The smallest absolute Gasteiger partial charge is 0.222 e. The molecule has 1 aliphatic rings. The van der Waals surface area contributed by atoms with Crippen LogP contribution >= 0.6 is 0 Å². The first-order valence-corrected chi connectivity index (χ1v) is 8.72. The predicted molar refractivity (Wildman–Crippen MR) is 97.6 cm³/mol. The quantitative estimate of drug-likeness (QED) is 0.743. The van der Waals surface area contributed by atoms with E-state index in [1.807, 2.05) is 6.07 Å². The number of hydrogen-bond acceptors (Lipinski definition) is 4. The Morgan fingerprint density at radius 3 is 2.81 bits per heavy atom. The first-order valence-electron chi connectivity index (χ1n) is 8.72. The Labute approximate surface area is 151 Å². The number of nitrogens with zero attached hydrogens (tertiary/aromatic N) is 3. The molecule has 2 heterocycles. The molecule has 2 aromatic carbocycles. The molecule has 0 fully saturated rings. The minimum Gasteiger partial charge on any atom is -0.493 e. The second-order valence-electron chi connectivity index (χ2n) is 6.30. The van der Waals surface area contributed by atoms with E-state index in [2.05, 4.69) is 51.8 Å². The lowest BCUT2D eigenvalue weighted by Gasteiger charge is -2.08. The van der Waals surface area contributed by atoms with Crippen molar-refractivity contribution in [2.45, 2.75) is 25.9 Å².